The van der Waals surface area contributed by atoms with E-state index in [0.717, 1.165) is 5.56 Å². The van der Waals surface area contributed by atoms with Gasteiger partial charge in [-0.05, 0) is 35.9 Å². The predicted octanol–water partition coefficient (Wildman–Crippen LogP) is 5.28. The van der Waals surface area contributed by atoms with Crippen molar-refractivity contribution < 1.29 is 13.7 Å². The Bertz CT molecular complexity index is 1190. The minimum absolute atomic E-state index is 0.0869. The Hall–Kier alpha value is -3.16. The van der Waals surface area contributed by atoms with Crippen molar-refractivity contribution in [2.24, 2.45) is 0 Å². The van der Waals surface area contributed by atoms with Crippen molar-refractivity contribution in [2.75, 3.05) is 5.32 Å². The van der Waals surface area contributed by atoms with Crippen LogP contribution in [0.5, 0.6) is 0 Å². The average molecular weight is 431 g/mol. The van der Waals surface area contributed by atoms with Crippen molar-refractivity contribution in [3.05, 3.63) is 88.0 Å². The second kappa shape index (κ2) is 8.06. The summed E-state index contributed by atoms with van der Waals surface area (Å²) in [5.74, 6) is -0.431. The first-order chi connectivity index (χ1) is 14.0. The number of carbonyl (C=O) groups is 1. The van der Waals surface area contributed by atoms with Gasteiger partial charge in [0.05, 0.1) is 23.5 Å². The Morgan fingerprint density at radius 2 is 2.03 bits per heavy atom. The van der Waals surface area contributed by atoms with Crippen molar-refractivity contribution >= 4 is 34.8 Å². The number of hydrogen-bond donors (Lipinski definition) is 1. The van der Waals surface area contributed by atoms with Crippen LogP contribution in [0.4, 0.5) is 10.1 Å². The van der Waals surface area contributed by atoms with E-state index < -0.39 is 5.91 Å². The van der Waals surface area contributed by atoms with E-state index in [1.165, 1.54) is 24.4 Å². The van der Waals surface area contributed by atoms with Crippen LogP contribution in [-0.2, 0) is 6.54 Å². The third-order valence-corrected chi connectivity index (χ3v) is 4.61. The summed E-state index contributed by atoms with van der Waals surface area (Å²) in [6.07, 6.45) is 3.13. The Labute approximate surface area is 174 Å². The number of amides is 1. The van der Waals surface area contributed by atoms with Crippen LogP contribution in [0.3, 0.4) is 0 Å². The average Bonchev–Trinajstić information content (AvgIpc) is 3.32. The monoisotopic (exact) mass is 430 g/mol. The number of rotatable bonds is 5. The standard InChI is InChI=1S/C20H13Cl2FN4O2/c21-13-4-5-16(17(22)7-13)19-8-18(26-29-19)20(28)25-15-9-24-27(11-15)10-12-2-1-3-14(23)6-12/h1-9,11H,10H2,(H,25,28). The van der Waals surface area contributed by atoms with Crippen LogP contribution in [0.2, 0.25) is 10.0 Å². The van der Waals surface area contributed by atoms with Crippen molar-refractivity contribution in [3.63, 3.8) is 0 Å². The molecule has 4 rings (SSSR count). The Balaban J connectivity index is 1.45. The number of nitrogens with one attached hydrogen (secondary N) is 1. The van der Waals surface area contributed by atoms with Gasteiger partial charge >= 0.3 is 0 Å². The molecule has 0 saturated heterocycles. The zero-order chi connectivity index (χ0) is 20.4. The normalized spacial score (nSPS) is 10.9. The SMILES string of the molecule is O=C(Nc1cnn(Cc2cccc(F)c2)c1)c1cc(-c2ccc(Cl)cc2Cl)on1. The molecule has 0 bridgehead atoms. The van der Waals surface area contributed by atoms with Crippen LogP contribution in [-0.4, -0.2) is 20.8 Å². The zero-order valence-corrected chi connectivity index (χ0v) is 16.3. The summed E-state index contributed by atoms with van der Waals surface area (Å²) in [6, 6.07) is 12.6. The lowest BCUT2D eigenvalue weighted by molar-refractivity contribution is 0.101. The molecule has 2 heterocycles. The summed E-state index contributed by atoms with van der Waals surface area (Å²) in [5, 5.41) is 11.5. The topological polar surface area (TPSA) is 73.0 Å². The van der Waals surface area contributed by atoms with Gasteiger partial charge in [0.15, 0.2) is 11.5 Å². The van der Waals surface area contributed by atoms with Gasteiger partial charge in [0.1, 0.15) is 5.82 Å². The van der Waals surface area contributed by atoms with Crippen LogP contribution < -0.4 is 5.32 Å². The van der Waals surface area contributed by atoms with E-state index in [2.05, 4.69) is 15.6 Å². The molecular weight excluding hydrogens is 418 g/mol. The van der Waals surface area contributed by atoms with Crippen molar-refractivity contribution in [3.8, 4) is 11.3 Å². The minimum Gasteiger partial charge on any atom is -0.355 e. The van der Waals surface area contributed by atoms with Crippen LogP contribution in [0.25, 0.3) is 11.3 Å². The molecule has 4 aromatic rings. The van der Waals surface area contributed by atoms with Crippen molar-refractivity contribution in [1.82, 2.24) is 14.9 Å². The summed E-state index contributed by atoms with van der Waals surface area (Å²) in [6.45, 7) is 0.372. The van der Waals surface area contributed by atoms with Gasteiger partial charge in [-0.3, -0.25) is 9.48 Å². The molecule has 0 radical (unpaired) electrons. The molecule has 0 fully saturated rings. The van der Waals surface area contributed by atoms with E-state index >= 15 is 0 Å². The van der Waals surface area contributed by atoms with Crippen LogP contribution in [0, 0.1) is 5.82 Å². The maximum Gasteiger partial charge on any atom is 0.277 e. The highest BCUT2D eigenvalue weighted by molar-refractivity contribution is 6.36. The summed E-state index contributed by atoms with van der Waals surface area (Å²) >= 11 is 12.0. The number of halogens is 3. The smallest absolute Gasteiger partial charge is 0.277 e. The highest BCUT2D eigenvalue weighted by Gasteiger charge is 2.16. The first-order valence-electron chi connectivity index (χ1n) is 8.48. The number of benzene rings is 2. The highest BCUT2D eigenvalue weighted by atomic mass is 35.5. The molecule has 2 aromatic carbocycles. The number of nitrogens with zero attached hydrogens (tertiary/aromatic N) is 3. The van der Waals surface area contributed by atoms with Gasteiger partial charge < -0.3 is 9.84 Å². The maximum absolute atomic E-state index is 13.3. The molecule has 0 spiro atoms. The first-order valence-corrected chi connectivity index (χ1v) is 9.24. The molecule has 0 aliphatic rings. The van der Waals surface area contributed by atoms with Crippen LogP contribution in [0.15, 0.2) is 65.4 Å². The Kier molecular flexibility index (Phi) is 5.33. The number of hydrogen-bond acceptors (Lipinski definition) is 4. The maximum atomic E-state index is 13.3. The fourth-order valence-corrected chi connectivity index (χ4v) is 3.23. The van der Waals surface area contributed by atoms with Gasteiger partial charge in [-0.1, -0.05) is 40.5 Å². The number of aromatic nitrogens is 3. The summed E-state index contributed by atoms with van der Waals surface area (Å²) in [5.41, 5.74) is 1.89. The molecule has 0 aliphatic heterocycles. The predicted molar refractivity (Wildman–Crippen MR) is 108 cm³/mol. The molecule has 9 heteroatoms. The summed E-state index contributed by atoms with van der Waals surface area (Å²) in [7, 11) is 0. The lowest BCUT2D eigenvalue weighted by atomic mass is 10.1. The summed E-state index contributed by atoms with van der Waals surface area (Å²) < 4.78 is 20.1. The second-order valence-electron chi connectivity index (χ2n) is 6.21. The van der Waals surface area contributed by atoms with E-state index in [-0.39, 0.29) is 11.5 Å². The van der Waals surface area contributed by atoms with Crippen molar-refractivity contribution in [2.45, 2.75) is 6.54 Å². The molecule has 6 nitrogen and oxygen atoms in total. The third-order valence-electron chi connectivity index (χ3n) is 4.06. The lowest BCUT2D eigenvalue weighted by Crippen LogP contribution is -2.11. The fraction of sp³-hybridized carbons (Fsp3) is 0.0500. The molecule has 0 atom stereocenters. The molecule has 29 heavy (non-hydrogen) atoms. The largest absolute Gasteiger partial charge is 0.355 e. The van der Waals surface area contributed by atoms with Crippen molar-refractivity contribution in [1.29, 1.82) is 0 Å². The van der Waals surface area contributed by atoms with E-state index in [1.807, 2.05) is 0 Å². The van der Waals surface area contributed by atoms with Crippen LogP contribution in [0.1, 0.15) is 16.1 Å². The Morgan fingerprint density at radius 3 is 2.83 bits per heavy atom. The first kappa shape index (κ1) is 19.2. The molecule has 146 valence electrons. The molecule has 0 saturated carbocycles. The van der Waals surface area contributed by atoms with Gasteiger partial charge in [-0.25, -0.2) is 4.39 Å². The molecule has 0 aliphatic carbocycles. The zero-order valence-electron chi connectivity index (χ0n) is 14.8. The molecule has 0 unspecified atom stereocenters. The lowest BCUT2D eigenvalue weighted by Gasteiger charge is -2.02. The van der Waals surface area contributed by atoms with E-state index in [1.54, 1.807) is 41.2 Å². The van der Waals surface area contributed by atoms with Gasteiger partial charge in [0.25, 0.3) is 5.91 Å². The van der Waals surface area contributed by atoms with Gasteiger partial charge in [0, 0.05) is 22.8 Å². The van der Waals surface area contributed by atoms with E-state index in [0.29, 0.717) is 33.6 Å². The van der Waals surface area contributed by atoms with Gasteiger partial charge in [0.2, 0.25) is 0 Å². The number of carbonyl (C=O) groups excluding carboxylic acids is 1. The second-order valence-corrected chi connectivity index (χ2v) is 7.05. The number of anilines is 1. The van der Waals surface area contributed by atoms with E-state index in [4.69, 9.17) is 27.7 Å². The molecular formula is C20H13Cl2FN4O2. The van der Waals surface area contributed by atoms with Crippen LogP contribution >= 0.6 is 23.2 Å². The molecule has 1 N–H and O–H groups in total. The van der Waals surface area contributed by atoms with Gasteiger partial charge in [-0.15, -0.1) is 0 Å². The third kappa shape index (κ3) is 4.47. The highest BCUT2D eigenvalue weighted by Crippen LogP contribution is 2.30. The van der Waals surface area contributed by atoms with Gasteiger partial charge in [-0.2, -0.15) is 5.10 Å². The molecule has 2 aromatic heterocycles. The minimum atomic E-state index is -0.463. The van der Waals surface area contributed by atoms with E-state index in [9.17, 15) is 9.18 Å². The fourth-order valence-electron chi connectivity index (χ4n) is 2.73. The summed E-state index contributed by atoms with van der Waals surface area (Å²) in [4.78, 5) is 12.4. The quantitative estimate of drug-likeness (QED) is 0.467. The molecule has 1 amide bonds. The Morgan fingerprint density at radius 1 is 1.17 bits per heavy atom.